The van der Waals surface area contributed by atoms with E-state index in [-0.39, 0.29) is 0 Å². The molecule has 1 saturated heterocycles. The van der Waals surface area contributed by atoms with Crippen LogP contribution in [-0.2, 0) is 0 Å². The normalized spacial score (nSPS) is 25.5. The fraction of sp³-hybridized carbons (Fsp3) is 0.625. The van der Waals surface area contributed by atoms with Crippen molar-refractivity contribution < 1.29 is 4.74 Å². The van der Waals surface area contributed by atoms with Crippen molar-refractivity contribution in [1.29, 1.82) is 0 Å². The van der Waals surface area contributed by atoms with E-state index in [1.54, 1.807) is 7.11 Å². The molecule has 0 aromatic heterocycles. The molecule has 3 heteroatoms. The first-order valence-electron chi connectivity index (χ1n) is 7.12. The molecule has 1 heterocycles. The lowest BCUT2D eigenvalue weighted by Gasteiger charge is -2.22. The molecule has 0 saturated carbocycles. The minimum atomic E-state index is 0.318. The van der Waals surface area contributed by atoms with E-state index in [4.69, 9.17) is 4.74 Å². The number of benzene rings is 1. The average molecular weight is 262 g/mol. The van der Waals surface area contributed by atoms with Gasteiger partial charge in [-0.1, -0.05) is 17.7 Å². The highest BCUT2D eigenvalue weighted by atomic mass is 16.5. The Morgan fingerprint density at radius 3 is 2.74 bits per heavy atom. The summed E-state index contributed by atoms with van der Waals surface area (Å²) in [4.78, 5) is 2.41. The lowest BCUT2D eigenvalue weighted by atomic mass is 10.0. The molecule has 1 N–H and O–H groups in total. The van der Waals surface area contributed by atoms with Gasteiger partial charge < -0.3 is 15.0 Å². The summed E-state index contributed by atoms with van der Waals surface area (Å²) < 4.78 is 5.48. The molecular formula is C16H26N2O. The van der Waals surface area contributed by atoms with Crippen molar-refractivity contribution in [2.75, 3.05) is 20.7 Å². The zero-order chi connectivity index (χ0) is 14.0. The Labute approximate surface area is 116 Å². The van der Waals surface area contributed by atoms with Crippen LogP contribution in [0.4, 0.5) is 0 Å². The van der Waals surface area contributed by atoms with Gasteiger partial charge >= 0.3 is 0 Å². The third-order valence-electron chi connectivity index (χ3n) is 4.22. The minimum absolute atomic E-state index is 0.318. The van der Waals surface area contributed by atoms with Crippen LogP contribution >= 0.6 is 0 Å². The summed E-state index contributed by atoms with van der Waals surface area (Å²) in [5.41, 5.74) is 2.53. The molecule has 1 aliphatic rings. The third kappa shape index (κ3) is 3.28. The van der Waals surface area contributed by atoms with Crippen LogP contribution in [-0.4, -0.2) is 37.7 Å². The Bertz CT molecular complexity index is 423. The molecule has 1 fully saturated rings. The molecule has 0 aliphatic carbocycles. The molecule has 3 nitrogen and oxygen atoms in total. The van der Waals surface area contributed by atoms with Crippen molar-refractivity contribution in [3.05, 3.63) is 29.3 Å². The van der Waals surface area contributed by atoms with Gasteiger partial charge in [0.15, 0.2) is 0 Å². The Balaban J connectivity index is 2.07. The van der Waals surface area contributed by atoms with Gasteiger partial charge in [0.25, 0.3) is 0 Å². The van der Waals surface area contributed by atoms with Crippen molar-refractivity contribution in [3.8, 4) is 5.75 Å². The fourth-order valence-corrected chi connectivity index (χ4v) is 2.95. The first-order chi connectivity index (χ1) is 9.01. The van der Waals surface area contributed by atoms with Gasteiger partial charge in [-0.25, -0.2) is 0 Å². The number of likely N-dealkylation sites (tertiary alicyclic amines) is 1. The van der Waals surface area contributed by atoms with E-state index in [9.17, 15) is 0 Å². The third-order valence-corrected chi connectivity index (χ3v) is 4.22. The highest BCUT2D eigenvalue weighted by molar-refractivity contribution is 5.38. The number of nitrogens with one attached hydrogen (secondary N) is 1. The van der Waals surface area contributed by atoms with Crippen molar-refractivity contribution >= 4 is 0 Å². The monoisotopic (exact) mass is 262 g/mol. The van der Waals surface area contributed by atoms with Gasteiger partial charge in [-0.15, -0.1) is 0 Å². The first kappa shape index (κ1) is 14.4. The zero-order valence-electron chi connectivity index (χ0n) is 12.7. The highest BCUT2D eigenvalue weighted by Gasteiger charge is 2.27. The van der Waals surface area contributed by atoms with E-state index in [0.717, 1.165) is 12.3 Å². The second-order valence-electron chi connectivity index (χ2n) is 5.85. The SMILES string of the molecule is COc1ccc(C)cc1C(C)NC1CC(C)N(C)C1. The molecule has 0 bridgehead atoms. The summed E-state index contributed by atoms with van der Waals surface area (Å²) in [7, 11) is 3.94. The van der Waals surface area contributed by atoms with Gasteiger partial charge in [0.1, 0.15) is 5.75 Å². The molecule has 2 rings (SSSR count). The van der Waals surface area contributed by atoms with Crippen molar-refractivity contribution in [2.45, 2.75) is 45.3 Å². The number of rotatable bonds is 4. The highest BCUT2D eigenvalue weighted by Crippen LogP contribution is 2.27. The molecule has 1 aromatic rings. The molecule has 3 unspecified atom stereocenters. The standard InChI is InChI=1S/C16H26N2O/c1-11-6-7-16(19-5)15(8-11)13(3)17-14-9-12(2)18(4)10-14/h6-8,12-14,17H,9-10H2,1-5H3. The molecule has 19 heavy (non-hydrogen) atoms. The number of hydrogen-bond donors (Lipinski definition) is 1. The number of hydrogen-bond acceptors (Lipinski definition) is 3. The van der Waals surface area contributed by atoms with Crippen molar-refractivity contribution in [1.82, 2.24) is 10.2 Å². The number of nitrogens with zero attached hydrogens (tertiary/aromatic N) is 1. The summed E-state index contributed by atoms with van der Waals surface area (Å²) in [5, 5.41) is 3.74. The van der Waals surface area contributed by atoms with E-state index in [0.29, 0.717) is 18.1 Å². The van der Waals surface area contributed by atoms with Crippen LogP contribution < -0.4 is 10.1 Å². The van der Waals surface area contributed by atoms with Crippen molar-refractivity contribution in [2.24, 2.45) is 0 Å². The Kier molecular flexibility index (Phi) is 4.48. The van der Waals surface area contributed by atoms with Crippen LogP contribution in [0, 0.1) is 6.92 Å². The second kappa shape index (κ2) is 5.93. The molecule has 0 spiro atoms. The maximum atomic E-state index is 5.48. The molecule has 3 atom stereocenters. The van der Waals surface area contributed by atoms with E-state index in [1.165, 1.54) is 17.5 Å². The van der Waals surface area contributed by atoms with Crippen LogP contribution in [0.15, 0.2) is 18.2 Å². The summed E-state index contributed by atoms with van der Waals surface area (Å²) in [6.07, 6.45) is 1.22. The average Bonchev–Trinajstić information content (AvgIpc) is 2.68. The molecule has 1 aromatic carbocycles. The van der Waals surface area contributed by atoms with E-state index in [1.807, 2.05) is 0 Å². The van der Waals surface area contributed by atoms with Crippen LogP contribution in [0.3, 0.4) is 0 Å². The summed E-state index contributed by atoms with van der Waals surface area (Å²) in [5.74, 6) is 0.977. The molecule has 0 amide bonds. The Morgan fingerprint density at radius 2 is 2.16 bits per heavy atom. The molecule has 0 radical (unpaired) electrons. The van der Waals surface area contributed by atoms with Gasteiger partial charge in [-0.05, 0) is 40.3 Å². The number of likely N-dealkylation sites (N-methyl/N-ethyl adjacent to an activating group) is 1. The van der Waals surface area contributed by atoms with Crippen LogP contribution in [0.2, 0.25) is 0 Å². The Hall–Kier alpha value is -1.06. The zero-order valence-corrected chi connectivity index (χ0v) is 12.7. The topological polar surface area (TPSA) is 24.5 Å². The largest absolute Gasteiger partial charge is 0.496 e. The maximum absolute atomic E-state index is 5.48. The minimum Gasteiger partial charge on any atom is -0.496 e. The second-order valence-corrected chi connectivity index (χ2v) is 5.85. The predicted molar refractivity (Wildman–Crippen MR) is 79.8 cm³/mol. The Morgan fingerprint density at radius 1 is 1.42 bits per heavy atom. The van der Waals surface area contributed by atoms with Gasteiger partial charge in [-0.3, -0.25) is 0 Å². The summed E-state index contributed by atoms with van der Waals surface area (Å²) in [6, 6.07) is 7.94. The lowest BCUT2D eigenvalue weighted by Crippen LogP contribution is -2.33. The van der Waals surface area contributed by atoms with Crippen molar-refractivity contribution in [3.63, 3.8) is 0 Å². The van der Waals surface area contributed by atoms with E-state index in [2.05, 4.69) is 56.2 Å². The van der Waals surface area contributed by atoms with Crippen LogP contribution in [0.1, 0.15) is 37.4 Å². The maximum Gasteiger partial charge on any atom is 0.123 e. The van der Waals surface area contributed by atoms with Gasteiger partial charge in [0.2, 0.25) is 0 Å². The molecular weight excluding hydrogens is 236 g/mol. The van der Waals surface area contributed by atoms with Crippen LogP contribution in [0.5, 0.6) is 5.75 Å². The predicted octanol–water partition coefficient (Wildman–Crippen LogP) is 2.75. The quantitative estimate of drug-likeness (QED) is 0.903. The van der Waals surface area contributed by atoms with Gasteiger partial charge in [0, 0.05) is 30.2 Å². The van der Waals surface area contributed by atoms with E-state index < -0.39 is 0 Å². The van der Waals surface area contributed by atoms with Crippen LogP contribution in [0.25, 0.3) is 0 Å². The van der Waals surface area contributed by atoms with Gasteiger partial charge in [-0.2, -0.15) is 0 Å². The number of ether oxygens (including phenoxy) is 1. The molecule has 1 aliphatic heterocycles. The number of methoxy groups -OCH3 is 1. The summed E-state index contributed by atoms with van der Waals surface area (Å²) >= 11 is 0. The smallest absolute Gasteiger partial charge is 0.123 e. The van der Waals surface area contributed by atoms with Gasteiger partial charge in [0.05, 0.1) is 7.11 Å². The molecule has 106 valence electrons. The lowest BCUT2D eigenvalue weighted by molar-refractivity contribution is 0.324. The number of aryl methyl sites for hydroxylation is 1. The summed E-state index contributed by atoms with van der Waals surface area (Å²) in [6.45, 7) is 7.76. The first-order valence-corrected chi connectivity index (χ1v) is 7.12. The van der Waals surface area contributed by atoms with E-state index >= 15 is 0 Å². The fourth-order valence-electron chi connectivity index (χ4n) is 2.95.